The SMILES string of the molecule is OC1CCC2(CCCC2)C(N2CCCC(F)(F)C2)C1. The summed E-state index contributed by atoms with van der Waals surface area (Å²) in [6, 6.07) is 0.185. The molecule has 1 spiro atoms. The average Bonchev–Trinajstić information content (AvgIpc) is 2.81. The fourth-order valence-electron chi connectivity index (χ4n) is 4.71. The van der Waals surface area contributed by atoms with Gasteiger partial charge >= 0.3 is 0 Å². The molecule has 2 atom stereocenters. The molecule has 2 nitrogen and oxygen atoms in total. The van der Waals surface area contributed by atoms with Gasteiger partial charge in [0.1, 0.15) is 0 Å². The van der Waals surface area contributed by atoms with E-state index < -0.39 is 5.92 Å². The van der Waals surface area contributed by atoms with Gasteiger partial charge in [0.15, 0.2) is 0 Å². The number of alkyl halides is 2. The summed E-state index contributed by atoms with van der Waals surface area (Å²) in [6.45, 7) is 0.695. The van der Waals surface area contributed by atoms with Crippen LogP contribution in [0.4, 0.5) is 8.78 Å². The van der Waals surface area contributed by atoms with Crippen molar-refractivity contribution in [3.8, 4) is 0 Å². The molecule has 3 aliphatic rings. The summed E-state index contributed by atoms with van der Waals surface area (Å²) in [4.78, 5) is 2.01. The lowest BCUT2D eigenvalue weighted by atomic mass is 9.67. The second-order valence-corrected chi connectivity index (χ2v) is 6.94. The van der Waals surface area contributed by atoms with Crippen LogP contribution >= 0.6 is 0 Å². The average molecular weight is 273 g/mol. The van der Waals surface area contributed by atoms with E-state index in [4.69, 9.17) is 0 Å². The topological polar surface area (TPSA) is 23.5 Å². The first kappa shape index (κ1) is 13.7. The maximum Gasteiger partial charge on any atom is 0.260 e. The van der Waals surface area contributed by atoms with Crippen LogP contribution in [0.25, 0.3) is 0 Å². The molecule has 1 heterocycles. The number of hydrogen-bond acceptors (Lipinski definition) is 2. The van der Waals surface area contributed by atoms with E-state index in [0.29, 0.717) is 12.8 Å². The molecule has 2 saturated carbocycles. The molecule has 0 aromatic carbocycles. The molecule has 1 saturated heterocycles. The normalized spacial score (nSPS) is 38.7. The van der Waals surface area contributed by atoms with E-state index in [9.17, 15) is 13.9 Å². The lowest BCUT2D eigenvalue weighted by Gasteiger charge is -2.50. The molecule has 0 amide bonds. The predicted octanol–water partition coefficient (Wildman–Crippen LogP) is 3.19. The minimum Gasteiger partial charge on any atom is -0.393 e. The highest BCUT2D eigenvalue weighted by atomic mass is 19.3. The van der Waals surface area contributed by atoms with E-state index in [1.54, 1.807) is 0 Å². The molecule has 1 aliphatic heterocycles. The quantitative estimate of drug-likeness (QED) is 0.793. The fourth-order valence-corrected chi connectivity index (χ4v) is 4.71. The fraction of sp³-hybridized carbons (Fsp3) is 1.00. The molecule has 110 valence electrons. The van der Waals surface area contributed by atoms with Gasteiger partial charge in [-0.05, 0) is 50.5 Å². The van der Waals surface area contributed by atoms with Crippen molar-refractivity contribution in [3.05, 3.63) is 0 Å². The number of halogens is 2. The third-order valence-electron chi connectivity index (χ3n) is 5.64. The molecule has 2 aliphatic carbocycles. The van der Waals surface area contributed by atoms with Gasteiger partial charge in [-0.15, -0.1) is 0 Å². The molecule has 3 fully saturated rings. The Morgan fingerprint density at radius 1 is 1.00 bits per heavy atom. The van der Waals surface area contributed by atoms with Crippen LogP contribution in [0.5, 0.6) is 0 Å². The molecule has 2 unspecified atom stereocenters. The zero-order valence-electron chi connectivity index (χ0n) is 11.6. The molecule has 3 rings (SSSR count). The summed E-state index contributed by atoms with van der Waals surface area (Å²) in [7, 11) is 0. The number of aliphatic hydroxyl groups excluding tert-OH is 1. The number of likely N-dealkylation sites (tertiary alicyclic amines) is 1. The summed E-state index contributed by atoms with van der Waals surface area (Å²) in [6.07, 6.45) is 7.75. The van der Waals surface area contributed by atoms with Crippen molar-refractivity contribution in [1.29, 1.82) is 0 Å². The third-order valence-corrected chi connectivity index (χ3v) is 5.64. The Morgan fingerprint density at radius 3 is 2.42 bits per heavy atom. The predicted molar refractivity (Wildman–Crippen MR) is 70.3 cm³/mol. The minimum atomic E-state index is -2.53. The monoisotopic (exact) mass is 273 g/mol. The number of piperidine rings is 1. The molecule has 0 radical (unpaired) electrons. The number of nitrogens with zero attached hydrogens (tertiary/aromatic N) is 1. The minimum absolute atomic E-state index is 0.0335. The number of aliphatic hydroxyl groups is 1. The van der Waals surface area contributed by atoms with Crippen LogP contribution in [0.15, 0.2) is 0 Å². The van der Waals surface area contributed by atoms with Crippen molar-refractivity contribution in [2.24, 2.45) is 5.41 Å². The maximum absolute atomic E-state index is 13.7. The van der Waals surface area contributed by atoms with Crippen LogP contribution in [-0.2, 0) is 0 Å². The van der Waals surface area contributed by atoms with Gasteiger partial charge in [0.2, 0.25) is 0 Å². The van der Waals surface area contributed by atoms with Gasteiger partial charge in [0, 0.05) is 12.5 Å². The zero-order valence-corrected chi connectivity index (χ0v) is 11.6. The lowest BCUT2D eigenvalue weighted by molar-refractivity contribution is -0.110. The van der Waals surface area contributed by atoms with Crippen LogP contribution in [0, 0.1) is 5.41 Å². The Kier molecular flexibility index (Phi) is 3.59. The summed E-state index contributed by atoms with van der Waals surface area (Å²) < 4.78 is 27.4. The van der Waals surface area contributed by atoms with Crippen molar-refractivity contribution in [3.63, 3.8) is 0 Å². The van der Waals surface area contributed by atoms with Crippen LogP contribution in [0.1, 0.15) is 57.8 Å². The second kappa shape index (κ2) is 4.96. The first-order chi connectivity index (χ1) is 9.01. The summed E-state index contributed by atoms with van der Waals surface area (Å²) >= 11 is 0. The molecular formula is C15H25F2NO. The van der Waals surface area contributed by atoms with Gasteiger partial charge < -0.3 is 5.11 Å². The highest BCUT2D eigenvalue weighted by molar-refractivity contribution is 5.01. The van der Waals surface area contributed by atoms with Gasteiger partial charge in [-0.1, -0.05) is 12.8 Å². The zero-order chi connectivity index (χ0) is 13.5. The van der Waals surface area contributed by atoms with Crippen molar-refractivity contribution >= 4 is 0 Å². The van der Waals surface area contributed by atoms with Gasteiger partial charge in [-0.3, -0.25) is 4.90 Å². The summed E-state index contributed by atoms with van der Waals surface area (Å²) in [5.74, 6) is -2.53. The third kappa shape index (κ3) is 2.66. The standard InChI is InChI=1S/C15H25F2NO/c16-15(17)7-3-9-18(11-15)13-10-12(19)4-8-14(13)5-1-2-6-14/h12-13,19H,1-11H2. The largest absolute Gasteiger partial charge is 0.393 e. The molecule has 0 bridgehead atoms. The molecule has 0 aromatic heterocycles. The van der Waals surface area contributed by atoms with E-state index in [-0.39, 0.29) is 30.5 Å². The Bertz CT molecular complexity index is 328. The molecular weight excluding hydrogens is 248 g/mol. The summed E-state index contributed by atoms with van der Waals surface area (Å²) in [5.41, 5.74) is 0.229. The van der Waals surface area contributed by atoms with Gasteiger partial charge in [0.25, 0.3) is 5.92 Å². The van der Waals surface area contributed by atoms with Crippen molar-refractivity contribution < 1.29 is 13.9 Å². The van der Waals surface area contributed by atoms with Gasteiger partial charge in [-0.25, -0.2) is 8.78 Å². The van der Waals surface area contributed by atoms with E-state index in [1.807, 2.05) is 4.90 Å². The molecule has 4 heteroatoms. The Morgan fingerprint density at radius 2 is 1.74 bits per heavy atom. The highest BCUT2D eigenvalue weighted by Gasteiger charge is 2.49. The van der Waals surface area contributed by atoms with Gasteiger partial charge in [-0.2, -0.15) is 0 Å². The van der Waals surface area contributed by atoms with Crippen LogP contribution < -0.4 is 0 Å². The van der Waals surface area contributed by atoms with Gasteiger partial charge in [0.05, 0.1) is 12.6 Å². The van der Waals surface area contributed by atoms with E-state index >= 15 is 0 Å². The molecule has 1 N–H and O–H groups in total. The lowest BCUT2D eigenvalue weighted by Crippen LogP contribution is -2.56. The number of rotatable bonds is 1. The van der Waals surface area contributed by atoms with E-state index in [2.05, 4.69) is 0 Å². The summed E-state index contributed by atoms with van der Waals surface area (Å²) in [5, 5.41) is 9.97. The van der Waals surface area contributed by atoms with Crippen LogP contribution in [-0.4, -0.2) is 41.2 Å². The Balaban J connectivity index is 1.78. The highest BCUT2D eigenvalue weighted by Crippen LogP contribution is 2.51. The van der Waals surface area contributed by atoms with Crippen LogP contribution in [0.2, 0.25) is 0 Å². The maximum atomic E-state index is 13.7. The van der Waals surface area contributed by atoms with Crippen molar-refractivity contribution in [2.45, 2.75) is 75.9 Å². The number of hydrogen-bond donors (Lipinski definition) is 1. The first-order valence-electron chi connectivity index (χ1n) is 7.81. The first-order valence-corrected chi connectivity index (χ1v) is 7.81. The second-order valence-electron chi connectivity index (χ2n) is 6.94. The van der Waals surface area contributed by atoms with E-state index in [0.717, 1.165) is 19.4 Å². The smallest absolute Gasteiger partial charge is 0.260 e. The Hall–Kier alpha value is -0.220. The molecule has 0 aromatic rings. The Labute approximate surface area is 114 Å². The van der Waals surface area contributed by atoms with Crippen molar-refractivity contribution in [1.82, 2.24) is 4.90 Å². The van der Waals surface area contributed by atoms with Crippen LogP contribution in [0.3, 0.4) is 0 Å². The molecule has 19 heavy (non-hydrogen) atoms. The van der Waals surface area contributed by atoms with E-state index in [1.165, 1.54) is 25.7 Å². The van der Waals surface area contributed by atoms with Crippen molar-refractivity contribution in [2.75, 3.05) is 13.1 Å².